The Hall–Kier alpha value is -2.98. The van der Waals surface area contributed by atoms with E-state index in [1.165, 1.54) is 0 Å². The number of methoxy groups -OCH3 is 2. The molecule has 3 aromatic rings. The van der Waals surface area contributed by atoms with Crippen molar-refractivity contribution in [1.82, 2.24) is 0 Å². The third kappa shape index (κ3) is 3.16. The molecule has 0 aromatic heterocycles. The second-order valence-corrected chi connectivity index (χ2v) is 5.71. The van der Waals surface area contributed by atoms with Gasteiger partial charge in [-0.1, -0.05) is 36.4 Å². The molecule has 0 aliphatic rings. The summed E-state index contributed by atoms with van der Waals surface area (Å²) in [6, 6.07) is 21.1. The van der Waals surface area contributed by atoms with Crippen LogP contribution in [0.4, 0.5) is 0 Å². The Kier molecular flexibility index (Phi) is 4.63. The molecule has 0 amide bonds. The van der Waals surface area contributed by atoms with Gasteiger partial charge in [0.05, 0.1) is 14.2 Å². The number of ether oxygens (including phenoxy) is 2. The minimum atomic E-state index is -1.37. The Morgan fingerprint density at radius 3 is 1.24 bits per heavy atom. The summed E-state index contributed by atoms with van der Waals surface area (Å²) in [6.07, 6.45) is 0. The van der Waals surface area contributed by atoms with Crippen molar-refractivity contribution in [3.8, 4) is 17.2 Å². The average molecular weight is 336 g/mol. The van der Waals surface area contributed by atoms with Gasteiger partial charge in [-0.25, -0.2) is 0 Å². The van der Waals surface area contributed by atoms with Crippen molar-refractivity contribution in [1.29, 1.82) is 0 Å². The van der Waals surface area contributed by atoms with Crippen LogP contribution >= 0.6 is 0 Å². The highest BCUT2D eigenvalue weighted by Gasteiger charge is 2.33. The normalized spacial score (nSPS) is 11.2. The highest BCUT2D eigenvalue weighted by atomic mass is 16.5. The Bertz CT molecular complexity index is 774. The number of benzene rings is 3. The molecule has 0 spiro atoms. The second kappa shape index (κ2) is 6.87. The zero-order chi connectivity index (χ0) is 17.9. The van der Waals surface area contributed by atoms with Gasteiger partial charge >= 0.3 is 0 Å². The molecule has 0 atom stereocenters. The summed E-state index contributed by atoms with van der Waals surface area (Å²) < 4.78 is 10.4. The summed E-state index contributed by atoms with van der Waals surface area (Å²) >= 11 is 0. The topological polar surface area (TPSA) is 58.9 Å². The van der Waals surface area contributed by atoms with Crippen LogP contribution in [-0.4, -0.2) is 24.4 Å². The van der Waals surface area contributed by atoms with E-state index in [0.29, 0.717) is 28.2 Å². The van der Waals surface area contributed by atoms with Gasteiger partial charge in [0.1, 0.15) is 22.8 Å². The van der Waals surface area contributed by atoms with Gasteiger partial charge in [0.2, 0.25) is 0 Å². The Balaban J connectivity index is 2.16. The number of phenolic OH excluding ortho intramolecular Hbond substituents is 1. The maximum absolute atomic E-state index is 11.7. The highest BCUT2D eigenvalue weighted by Crippen LogP contribution is 2.38. The minimum absolute atomic E-state index is 0.149. The fraction of sp³-hybridized carbons (Fsp3) is 0.143. The van der Waals surface area contributed by atoms with E-state index in [9.17, 15) is 10.2 Å². The molecule has 0 aliphatic heterocycles. The fourth-order valence-electron chi connectivity index (χ4n) is 2.87. The molecule has 0 aliphatic carbocycles. The van der Waals surface area contributed by atoms with Crippen molar-refractivity contribution >= 4 is 0 Å². The van der Waals surface area contributed by atoms with Gasteiger partial charge in [-0.15, -0.1) is 0 Å². The Morgan fingerprint density at radius 1 is 0.600 bits per heavy atom. The number of hydrogen-bond acceptors (Lipinski definition) is 4. The van der Waals surface area contributed by atoms with Crippen LogP contribution in [0, 0.1) is 0 Å². The molecule has 4 nitrogen and oxygen atoms in total. The van der Waals surface area contributed by atoms with Crippen LogP contribution in [0.3, 0.4) is 0 Å². The van der Waals surface area contributed by atoms with E-state index in [1.807, 2.05) is 48.5 Å². The first-order chi connectivity index (χ1) is 12.1. The van der Waals surface area contributed by atoms with Gasteiger partial charge in [-0.3, -0.25) is 0 Å². The molecule has 0 radical (unpaired) electrons. The first kappa shape index (κ1) is 16.9. The van der Waals surface area contributed by atoms with Crippen molar-refractivity contribution in [2.24, 2.45) is 0 Å². The Morgan fingerprint density at radius 2 is 0.920 bits per heavy atom. The predicted octanol–water partition coefficient (Wildman–Crippen LogP) is 3.69. The third-order valence-corrected chi connectivity index (χ3v) is 4.30. The van der Waals surface area contributed by atoms with Crippen LogP contribution in [-0.2, 0) is 5.60 Å². The van der Waals surface area contributed by atoms with E-state index in [0.717, 1.165) is 0 Å². The molecule has 0 saturated heterocycles. The van der Waals surface area contributed by atoms with Crippen molar-refractivity contribution in [3.63, 3.8) is 0 Å². The van der Waals surface area contributed by atoms with Crippen molar-refractivity contribution < 1.29 is 19.7 Å². The zero-order valence-electron chi connectivity index (χ0n) is 14.1. The smallest absolute Gasteiger partial charge is 0.140 e. The van der Waals surface area contributed by atoms with E-state index in [4.69, 9.17) is 9.47 Å². The lowest BCUT2D eigenvalue weighted by molar-refractivity contribution is 0.125. The van der Waals surface area contributed by atoms with Crippen molar-refractivity contribution in [3.05, 3.63) is 89.5 Å². The summed E-state index contributed by atoms with van der Waals surface area (Å²) in [5.74, 6) is 1.58. The van der Waals surface area contributed by atoms with Crippen molar-refractivity contribution in [2.75, 3.05) is 14.2 Å². The van der Waals surface area contributed by atoms with Gasteiger partial charge in [-0.05, 0) is 53.1 Å². The third-order valence-electron chi connectivity index (χ3n) is 4.30. The van der Waals surface area contributed by atoms with Gasteiger partial charge in [-0.2, -0.15) is 0 Å². The molecule has 4 heteroatoms. The summed E-state index contributed by atoms with van der Waals surface area (Å²) in [6.45, 7) is 0. The Labute approximate surface area is 146 Å². The summed E-state index contributed by atoms with van der Waals surface area (Å²) in [5, 5.41) is 21.3. The molecule has 128 valence electrons. The zero-order valence-corrected chi connectivity index (χ0v) is 14.1. The quantitative estimate of drug-likeness (QED) is 0.698. The van der Waals surface area contributed by atoms with E-state index in [-0.39, 0.29) is 5.75 Å². The van der Waals surface area contributed by atoms with Crippen LogP contribution in [0.1, 0.15) is 16.7 Å². The van der Waals surface area contributed by atoms with E-state index >= 15 is 0 Å². The number of aliphatic hydroxyl groups is 1. The van der Waals surface area contributed by atoms with Gasteiger partial charge in [0.15, 0.2) is 0 Å². The van der Waals surface area contributed by atoms with Gasteiger partial charge in [0, 0.05) is 0 Å². The van der Waals surface area contributed by atoms with Crippen LogP contribution in [0.15, 0.2) is 72.8 Å². The molecule has 0 fully saturated rings. The van der Waals surface area contributed by atoms with Crippen LogP contribution in [0.2, 0.25) is 0 Å². The van der Waals surface area contributed by atoms with E-state index in [1.54, 1.807) is 38.5 Å². The minimum Gasteiger partial charge on any atom is -0.508 e. The lowest BCUT2D eigenvalue weighted by Gasteiger charge is -2.30. The lowest BCUT2D eigenvalue weighted by Crippen LogP contribution is -2.28. The molecule has 0 saturated carbocycles. The van der Waals surface area contributed by atoms with Crippen LogP contribution in [0.5, 0.6) is 17.2 Å². The molecule has 25 heavy (non-hydrogen) atoms. The molecular formula is C21H20O4. The highest BCUT2D eigenvalue weighted by molar-refractivity contribution is 5.49. The van der Waals surface area contributed by atoms with Crippen molar-refractivity contribution in [2.45, 2.75) is 5.60 Å². The van der Waals surface area contributed by atoms with Crippen LogP contribution in [0.25, 0.3) is 0 Å². The second-order valence-electron chi connectivity index (χ2n) is 5.71. The van der Waals surface area contributed by atoms with E-state index in [2.05, 4.69) is 0 Å². The largest absolute Gasteiger partial charge is 0.508 e. The number of rotatable bonds is 5. The molecule has 2 N–H and O–H groups in total. The standard InChI is InChI=1S/C21H20O4/c1-24-19-11-5-16(6-12-19)21(23,15-3-9-18(22)10-4-15)17-7-13-20(25-2)14-8-17/h3-14,22-23H,1-2H3. The number of phenols is 1. The van der Waals surface area contributed by atoms with Crippen LogP contribution < -0.4 is 9.47 Å². The number of hydrogen-bond donors (Lipinski definition) is 2. The molecule has 0 heterocycles. The maximum atomic E-state index is 11.7. The summed E-state index contributed by atoms with van der Waals surface area (Å²) in [7, 11) is 3.20. The van der Waals surface area contributed by atoms with E-state index < -0.39 is 5.60 Å². The SMILES string of the molecule is COc1ccc(C(O)(c2ccc(O)cc2)c2ccc(OC)cc2)cc1. The lowest BCUT2D eigenvalue weighted by atomic mass is 9.80. The number of aromatic hydroxyl groups is 1. The van der Waals surface area contributed by atoms with Gasteiger partial charge < -0.3 is 19.7 Å². The fourth-order valence-corrected chi connectivity index (χ4v) is 2.87. The molecule has 0 unspecified atom stereocenters. The summed E-state index contributed by atoms with van der Waals surface area (Å²) in [5.41, 5.74) is 0.681. The predicted molar refractivity (Wildman–Crippen MR) is 96.2 cm³/mol. The summed E-state index contributed by atoms with van der Waals surface area (Å²) in [4.78, 5) is 0. The molecule has 3 rings (SSSR count). The molecule has 0 bridgehead atoms. The first-order valence-electron chi connectivity index (χ1n) is 7.89. The average Bonchev–Trinajstić information content (AvgIpc) is 2.68. The molecular weight excluding hydrogens is 316 g/mol. The van der Waals surface area contributed by atoms with Gasteiger partial charge in [0.25, 0.3) is 0 Å². The maximum Gasteiger partial charge on any atom is 0.140 e. The monoisotopic (exact) mass is 336 g/mol. The molecule has 3 aromatic carbocycles. The first-order valence-corrected chi connectivity index (χ1v) is 7.89.